The molecule has 3 rings (SSSR count). The predicted molar refractivity (Wildman–Crippen MR) is 79.8 cm³/mol. The zero-order valence-electron chi connectivity index (χ0n) is 12.5. The SMILES string of the molecule is O=C1CC[C@@H](C(=O)N2CCC(OCc3cccnc3)CC2)N1. The van der Waals surface area contributed by atoms with Crippen LogP contribution in [-0.4, -0.2) is 46.9 Å². The van der Waals surface area contributed by atoms with Crippen LogP contribution in [0.4, 0.5) is 0 Å². The van der Waals surface area contributed by atoms with E-state index in [1.165, 1.54) is 0 Å². The van der Waals surface area contributed by atoms with E-state index >= 15 is 0 Å². The number of ether oxygens (including phenoxy) is 1. The number of piperidine rings is 1. The molecule has 1 atom stereocenters. The van der Waals surface area contributed by atoms with Crippen LogP contribution in [0.25, 0.3) is 0 Å². The van der Waals surface area contributed by atoms with Crippen molar-refractivity contribution in [2.45, 2.75) is 44.4 Å². The average Bonchev–Trinajstić information content (AvgIpc) is 3.00. The second-order valence-electron chi connectivity index (χ2n) is 5.86. The van der Waals surface area contributed by atoms with Crippen LogP contribution in [0.1, 0.15) is 31.2 Å². The third-order valence-electron chi connectivity index (χ3n) is 4.26. The Balaban J connectivity index is 1.42. The molecule has 118 valence electrons. The van der Waals surface area contributed by atoms with Gasteiger partial charge in [-0.05, 0) is 30.9 Å². The number of nitrogens with zero attached hydrogens (tertiary/aromatic N) is 2. The Bertz CT molecular complexity index is 527. The molecule has 1 aromatic heterocycles. The molecule has 1 aromatic rings. The lowest BCUT2D eigenvalue weighted by molar-refractivity contribution is -0.137. The topological polar surface area (TPSA) is 71.5 Å². The molecule has 0 radical (unpaired) electrons. The first-order valence-corrected chi connectivity index (χ1v) is 7.81. The Morgan fingerprint density at radius 1 is 1.36 bits per heavy atom. The summed E-state index contributed by atoms with van der Waals surface area (Å²) in [7, 11) is 0. The van der Waals surface area contributed by atoms with Crippen molar-refractivity contribution in [2.75, 3.05) is 13.1 Å². The van der Waals surface area contributed by atoms with E-state index in [0.717, 1.165) is 18.4 Å². The normalized spacial score (nSPS) is 22.6. The molecule has 0 bridgehead atoms. The number of aromatic nitrogens is 1. The minimum Gasteiger partial charge on any atom is -0.373 e. The highest BCUT2D eigenvalue weighted by atomic mass is 16.5. The van der Waals surface area contributed by atoms with E-state index in [0.29, 0.717) is 32.5 Å². The molecule has 1 N–H and O–H groups in total. The van der Waals surface area contributed by atoms with E-state index in [9.17, 15) is 9.59 Å². The highest BCUT2D eigenvalue weighted by Crippen LogP contribution is 2.18. The van der Waals surface area contributed by atoms with Crippen LogP contribution in [0.2, 0.25) is 0 Å². The molecule has 0 aromatic carbocycles. The summed E-state index contributed by atoms with van der Waals surface area (Å²) in [5.41, 5.74) is 1.06. The lowest BCUT2D eigenvalue weighted by Crippen LogP contribution is -2.48. The number of pyridine rings is 1. The Morgan fingerprint density at radius 2 is 2.18 bits per heavy atom. The van der Waals surface area contributed by atoms with Crippen molar-refractivity contribution in [1.29, 1.82) is 0 Å². The van der Waals surface area contributed by atoms with E-state index in [4.69, 9.17) is 4.74 Å². The summed E-state index contributed by atoms with van der Waals surface area (Å²) in [6, 6.07) is 3.57. The quantitative estimate of drug-likeness (QED) is 0.896. The van der Waals surface area contributed by atoms with Gasteiger partial charge < -0.3 is 15.0 Å². The lowest BCUT2D eigenvalue weighted by atomic mass is 10.1. The second-order valence-corrected chi connectivity index (χ2v) is 5.86. The van der Waals surface area contributed by atoms with Gasteiger partial charge in [0, 0.05) is 31.9 Å². The van der Waals surface area contributed by atoms with Crippen molar-refractivity contribution in [3.8, 4) is 0 Å². The molecule has 2 fully saturated rings. The number of amides is 2. The van der Waals surface area contributed by atoms with Gasteiger partial charge in [0.05, 0.1) is 12.7 Å². The minimum atomic E-state index is -0.319. The average molecular weight is 303 g/mol. The summed E-state index contributed by atoms with van der Waals surface area (Å²) in [6.45, 7) is 1.96. The van der Waals surface area contributed by atoms with Gasteiger partial charge in [-0.1, -0.05) is 6.07 Å². The molecular weight excluding hydrogens is 282 g/mol. The first-order valence-electron chi connectivity index (χ1n) is 7.81. The predicted octanol–water partition coefficient (Wildman–Crippen LogP) is 0.868. The molecule has 0 aliphatic carbocycles. The van der Waals surface area contributed by atoms with Crippen LogP contribution >= 0.6 is 0 Å². The van der Waals surface area contributed by atoms with Gasteiger partial charge in [0.1, 0.15) is 6.04 Å². The van der Waals surface area contributed by atoms with Crippen molar-refractivity contribution in [1.82, 2.24) is 15.2 Å². The van der Waals surface area contributed by atoms with Crippen molar-refractivity contribution >= 4 is 11.8 Å². The van der Waals surface area contributed by atoms with Crippen LogP contribution in [0.3, 0.4) is 0 Å². The van der Waals surface area contributed by atoms with E-state index in [-0.39, 0.29) is 24.0 Å². The molecule has 2 saturated heterocycles. The van der Waals surface area contributed by atoms with Crippen LogP contribution in [-0.2, 0) is 20.9 Å². The van der Waals surface area contributed by atoms with Crippen LogP contribution in [0.5, 0.6) is 0 Å². The fourth-order valence-corrected chi connectivity index (χ4v) is 2.96. The highest BCUT2D eigenvalue weighted by Gasteiger charge is 2.32. The number of nitrogens with one attached hydrogen (secondary N) is 1. The van der Waals surface area contributed by atoms with Crippen LogP contribution < -0.4 is 5.32 Å². The number of carbonyl (C=O) groups excluding carboxylic acids is 2. The summed E-state index contributed by atoms with van der Waals surface area (Å²) in [5.74, 6) is 0.0320. The molecule has 2 aliphatic heterocycles. The van der Waals surface area contributed by atoms with Crippen molar-refractivity contribution in [2.24, 2.45) is 0 Å². The zero-order chi connectivity index (χ0) is 15.4. The summed E-state index contributed by atoms with van der Waals surface area (Å²) < 4.78 is 5.89. The number of carbonyl (C=O) groups is 2. The van der Waals surface area contributed by atoms with Gasteiger partial charge in [0.15, 0.2) is 0 Å². The Labute approximate surface area is 129 Å². The second kappa shape index (κ2) is 6.87. The van der Waals surface area contributed by atoms with E-state index in [2.05, 4.69) is 10.3 Å². The molecule has 6 nitrogen and oxygen atoms in total. The Morgan fingerprint density at radius 3 is 2.82 bits per heavy atom. The molecule has 3 heterocycles. The Kier molecular flexibility index (Phi) is 4.68. The Hall–Kier alpha value is -1.95. The molecule has 2 aliphatic rings. The first kappa shape index (κ1) is 15.0. The van der Waals surface area contributed by atoms with E-state index < -0.39 is 0 Å². The molecule has 2 amide bonds. The summed E-state index contributed by atoms with van der Waals surface area (Å²) >= 11 is 0. The van der Waals surface area contributed by atoms with Gasteiger partial charge >= 0.3 is 0 Å². The van der Waals surface area contributed by atoms with Gasteiger partial charge in [0.25, 0.3) is 0 Å². The lowest BCUT2D eigenvalue weighted by Gasteiger charge is -2.33. The van der Waals surface area contributed by atoms with E-state index in [1.807, 2.05) is 17.0 Å². The number of hydrogen-bond donors (Lipinski definition) is 1. The van der Waals surface area contributed by atoms with Crippen molar-refractivity contribution in [3.05, 3.63) is 30.1 Å². The van der Waals surface area contributed by atoms with Crippen molar-refractivity contribution in [3.63, 3.8) is 0 Å². The van der Waals surface area contributed by atoms with Gasteiger partial charge in [-0.15, -0.1) is 0 Å². The summed E-state index contributed by atoms with van der Waals surface area (Å²) in [4.78, 5) is 29.4. The third-order valence-corrected chi connectivity index (χ3v) is 4.26. The molecule has 0 spiro atoms. The molecule has 6 heteroatoms. The van der Waals surface area contributed by atoms with Crippen LogP contribution in [0.15, 0.2) is 24.5 Å². The number of hydrogen-bond acceptors (Lipinski definition) is 4. The maximum atomic E-state index is 12.3. The maximum Gasteiger partial charge on any atom is 0.245 e. The molecular formula is C16H21N3O3. The third kappa shape index (κ3) is 3.62. The monoisotopic (exact) mass is 303 g/mol. The number of likely N-dealkylation sites (tertiary alicyclic amines) is 1. The summed E-state index contributed by atoms with van der Waals surface area (Å²) in [5, 5.41) is 2.74. The van der Waals surface area contributed by atoms with Gasteiger partial charge in [-0.2, -0.15) is 0 Å². The molecule has 22 heavy (non-hydrogen) atoms. The largest absolute Gasteiger partial charge is 0.373 e. The van der Waals surface area contributed by atoms with E-state index in [1.54, 1.807) is 12.4 Å². The summed E-state index contributed by atoms with van der Waals surface area (Å²) in [6.07, 6.45) is 6.49. The van der Waals surface area contributed by atoms with Gasteiger partial charge in [-0.25, -0.2) is 0 Å². The van der Waals surface area contributed by atoms with Gasteiger partial charge in [0.2, 0.25) is 11.8 Å². The fraction of sp³-hybridized carbons (Fsp3) is 0.562. The zero-order valence-corrected chi connectivity index (χ0v) is 12.5. The first-order chi connectivity index (χ1) is 10.7. The van der Waals surface area contributed by atoms with Crippen molar-refractivity contribution < 1.29 is 14.3 Å². The smallest absolute Gasteiger partial charge is 0.245 e. The highest BCUT2D eigenvalue weighted by molar-refractivity contribution is 5.90. The maximum absolute atomic E-state index is 12.3. The standard InChI is InChI=1S/C16H21N3O3/c20-15-4-3-14(18-15)16(21)19-8-5-13(6-9-19)22-11-12-2-1-7-17-10-12/h1-2,7,10,13-14H,3-6,8-9,11H2,(H,18,20)/t14-/m0/s1. The number of rotatable bonds is 4. The van der Waals surface area contributed by atoms with Crippen LogP contribution in [0, 0.1) is 0 Å². The molecule has 0 saturated carbocycles. The molecule has 0 unspecified atom stereocenters. The minimum absolute atomic E-state index is 0.0203. The van der Waals surface area contributed by atoms with Gasteiger partial charge in [-0.3, -0.25) is 14.6 Å². The fourth-order valence-electron chi connectivity index (χ4n) is 2.96.